The van der Waals surface area contributed by atoms with Gasteiger partial charge in [-0.3, -0.25) is 0 Å². The second-order valence-corrected chi connectivity index (χ2v) is 3.30. The molecule has 0 spiro atoms. The van der Waals surface area contributed by atoms with Gasteiger partial charge in [0.1, 0.15) is 5.15 Å². The van der Waals surface area contributed by atoms with E-state index in [1.54, 1.807) is 11.3 Å². The lowest BCUT2D eigenvalue weighted by atomic mass is 10.6. The Morgan fingerprint density at radius 2 is 2.44 bits per heavy atom. The largest absolute Gasteiger partial charge is 0.326 e. The predicted molar refractivity (Wildman–Crippen MR) is 39.8 cm³/mol. The van der Waals surface area contributed by atoms with Crippen molar-refractivity contribution in [3.63, 3.8) is 0 Å². The third-order valence-electron chi connectivity index (χ3n) is 0.942. The van der Waals surface area contributed by atoms with E-state index in [-0.39, 0.29) is 0 Å². The third-order valence-corrected chi connectivity index (χ3v) is 2.36. The number of aromatic nitrogens is 1. The highest BCUT2D eigenvalue weighted by molar-refractivity contribution is 7.12. The molecule has 1 aromatic rings. The molecule has 0 radical (unpaired) electrons. The van der Waals surface area contributed by atoms with Gasteiger partial charge in [0, 0.05) is 6.54 Å². The minimum absolute atomic E-state index is 0.490. The lowest BCUT2D eigenvalue weighted by molar-refractivity contribution is 1.09. The number of rotatable bonds is 1. The monoisotopic (exact) mass is 162 g/mol. The second-order valence-electron chi connectivity index (χ2n) is 1.65. The molecule has 0 amide bonds. The van der Waals surface area contributed by atoms with Gasteiger partial charge in [-0.2, -0.15) is 0 Å². The van der Waals surface area contributed by atoms with Gasteiger partial charge >= 0.3 is 0 Å². The molecule has 0 fully saturated rings. The van der Waals surface area contributed by atoms with Crippen LogP contribution in [0.5, 0.6) is 0 Å². The summed E-state index contributed by atoms with van der Waals surface area (Å²) in [6.45, 7) is 2.40. The molecule has 2 nitrogen and oxygen atoms in total. The molecule has 0 aliphatic carbocycles. The highest BCUT2D eigenvalue weighted by Gasteiger charge is 2.02. The number of halogens is 1. The Labute approximate surface area is 62.7 Å². The van der Waals surface area contributed by atoms with Crippen molar-refractivity contribution in [2.45, 2.75) is 13.5 Å². The first-order valence-corrected chi connectivity index (χ1v) is 3.75. The molecule has 0 atom stereocenters. The fourth-order valence-corrected chi connectivity index (χ4v) is 1.65. The maximum atomic E-state index is 5.66. The van der Waals surface area contributed by atoms with E-state index in [1.807, 2.05) is 6.92 Å². The van der Waals surface area contributed by atoms with Gasteiger partial charge in [-0.15, -0.1) is 11.3 Å². The van der Waals surface area contributed by atoms with Crippen LogP contribution in [0.4, 0.5) is 0 Å². The van der Waals surface area contributed by atoms with Crippen molar-refractivity contribution < 1.29 is 0 Å². The van der Waals surface area contributed by atoms with E-state index in [1.165, 1.54) is 0 Å². The van der Waals surface area contributed by atoms with Crippen molar-refractivity contribution in [2.24, 2.45) is 5.73 Å². The minimum atomic E-state index is 0.490. The Bertz CT molecular complexity index is 209. The van der Waals surface area contributed by atoms with Crippen LogP contribution in [0.3, 0.4) is 0 Å². The third kappa shape index (κ3) is 1.41. The van der Waals surface area contributed by atoms with Gasteiger partial charge in [0.25, 0.3) is 0 Å². The molecular formula is C5H7ClN2S. The Morgan fingerprint density at radius 3 is 2.67 bits per heavy atom. The molecule has 1 rings (SSSR count). The number of thiazole rings is 1. The Hall–Kier alpha value is -0.120. The van der Waals surface area contributed by atoms with Crippen LogP contribution in [0.25, 0.3) is 0 Å². The summed E-state index contributed by atoms with van der Waals surface area (Å²) in [5, 5.41) is 1.53. The van der Waals surface area contributed by atoms with Crippen LogP contribution in [0.1, 0.15) is 9.88 Å². The Kier molecular flexibility index (Phi) is 2.05. The second kappa shape index (κ2) is 2.64. The van der Waals surface area contributed by atoms with Crippen LogP contribution in [-0.2, 0) is 6.54 Å². The van der Waals surface area contributed by atoms with Crippen molar-refractivity contribution in [2.75, 3.05) is 0 Å². The Balaban J connectivity index is 3.01. The quantitative estimate of drug-likeness (QED) is 0.681. The maximum absolute atomic E-state index is 5.66. The van der Waals surface area contributed by atoms with Crippen molar-refractivity contribution >= 4 is 22.9 Å². The van der Waals surface area contributed by atoms with Gasteiger partial charge in [-0.1, -0.05) is 11.6 Å². The molecule has 1 heterocycles. The standard InChI is InChI=1S/C5H7ClN2S/c1-3-8-5(6)4(2-7)9-3/h2,7H2,1H3. The molecule has 0 unspecified atom stereocenters. The number of hydrogen-bond acceptors (Lipinski definition) is 3. The molecule has 2 N–H and O–H groups in total. The van der Waals surface area contributed by atoms with Gasteiger partial charge in [-0.05, 0) is 6.92 Å². The Morgan fingerprint density at radius 1 is 1.78 bits per heavy atom. The minimum Gasteiger partial charge on any atom is -0.326 e. The normalized spacial score (nSPS) is 10.1. The fourth-order valence-electron chi connectivity index (χ4n) is 0.570. The highest BCUT2D eigenvalue weighted by Crippen LogP contribution is 2.20. The number of nitrogens with zero attached hydrogens (tertiary/aromatic N) is 1. The molecular weight excluding hydrogens is 156 g/mol. The zero-order valence-electron chi connectivity index (χ0n) is 5.02. The molecule has 0 aromatic carbocycles. The zero-order chi connectivity index (χ0) is 6.85. The van der Waals surface area contributed by atoms with E-state index in [0.717, 1.165) is 9.88 Å². The fraction of sp³-hybridized carbons (Fsp3) is 0.400. The van der Waals surface area contributed by atoms with Gasteiger partial charge in [0.05, 0.1) is 9.88 Å². The summed E-state index contributed by atoms with van der Waals surface area (Å²) in [6, 6.07) is 0. The molecule has 0 aliphatic heterocycles. The molecule has 0 saturated carbocycles. The number of hydrogen-bond donors (Lipinski definition) is 1. The average molecular weight is 163 g/mol. The molecule has 50 valence electrons. The van der Waals surface area contributed by atoms with Gasteiger partial charge in [0.15, 0.2) is 0 Å². The van der Waals surface area contributed by atoms with E-state index in [2.05, 4.69) is 4.98 Å². The zero-order valence-corrected chi connectivity index (χ0v) is 6.59. The summed E-state index contributed by atoms with van der Waals surface area (Å²) in [6.07, 6.45) is 0. The maximum Gasteiger partial charge on any atom is 0.144 e. The summed E-state index contributed by atoms with van der Waals surface area (Å²) in [7, 11) is 0. The van der Waals surface area contributed by atoms with Crippen LogP contribution in [0, 0.1) is 6.92 Å². The van der Waals surface area contributed by atoms with Gasteiger partial charge in [-0.25, -0.2) is 4.98 Å². The molecule has 0 saturated heterocycles. The topological polar surface area (TPSA) is 38.9 Å². The highest BCUT2D eigenvalue weighted by atomic mass is 35.5. The number of aryl methyl sites for hydroxylation is 1. The van der Waals surface area contributed by atoms with E-state index in [0.29, 0.717) is 11.7 Å². The van der Waals surface area contributed by atoms with Gasteiger partial charge in [0.2, 0.25) is 0 Å². The van der Waals surface area contributed by atoms with Crippen LogP contribution >= 0.6 is 22.9 Å². The summed E-state index contributed by atoms with van der Waals surface area (Å²) in [5.74, 6) is 0. The average Bonchev–Trinajstić information content (AvgIpc) is 2.10. The van der Waals surface area contributed by atoms with E-state index >= 15 is 0 Å². The van der Waals surface area contributed by atoms with Crippen LogP contribution in [-0.4, -0.2) is 4.98 Å². The lowest BCUT2D eigenvalue weighted by Gasteiger charge is -1.83. The molecule has 0 bridgehead atoms. The first-order chi connectivity index (χ1) is 4.24. The predicted octanol–water partition coefficient (Wildman–Crippen LogP) is 1.56. The van der Waals surface area contributed by atoms with Crippen molar-refractivity contribution in [3.05, 3.63) is 15.0 Å². The molecule has 1 aromatic heterocycles. The van der Waals surface area contributed by atoms with Crippen LogP contribution in [0.2, 0.25) is 5.15 Å². The lowest BCUT2D eigenvalue weighted by Crippen LogP contribution is -1.92. The number of nitrogens with two attached hydrogens (primary N) is 1. The summed E-state index contributed by atoms with van der Waals surface area (Å²) >= 11 is 7.21. The first kappa shape index (κ1) is 6.99. The summed E-state index contributed by atoms with van der Waals surface area (Å²) in [5.41, 5.74) is 5.35. The molecule has 9 heavy (non-hydrogen) atoms. The van der Waals surface area contributed by atoms with Gasteiger partial charge < -0.3 is 5.73 Å². The van der Waals surface area contributed by atoms with E-state index in [4.69, 9.17) is 17.3 Å². The first-order valence-electron chi connectivity index (χ1n) is 2.56. The van der Waals surface area contributed by atoms with Crippen molar-refractivity contribution in [1.29, 1.82) is 0 Å². The van der Waals surface area contributed by atoms with Crippen molar-refractivity contribution in [1.82, 2.24) is 4.98 Å². The van der Waals surface area contributed by atoms with Crippen LogP contribution < -0.4 is 5.73 Å². The van der Waals surface area contributed by atoms with Crippen LogP contribution in [0.15, 0.2) is 0 Å². The molecule has 0 aliphatic rings. The molecule has 4 heteroatoms. The smallest absolute Gasteiger partial charge is 0.144 e. The van der Waals surface area contributed by atoms with Crippen molar-refractivity contribution in [3.8, 4) is 0 Å². The van der Waals surface area contributed by atoms with E-state index < -0.39 is 0 Å². The summed E-state index contributed by atoms with van der Waals surface area (Å²) < 4.78 is 0. The SMILES string of the molecule is Cc1nc(Cl)c(CN)s1. The van der Waals surface area contributed by atoms with E-state index in [9.17, 15) is 0 Å². The summed E-state index contributed by atoms with van der Waals surface area (Å²) in [4.78, 5) is 4.95.